The second kappa shape index (κ2) is 6.41. The summed E-state index contributed by atoms with van der Waals surface area (Å²) in [5, 5.41) is 29.0. The van der Waals surface area contributed by atoms with Crippen molar-refractivity contribution in [1.82, 2.24) is 9.55 Å². The standard InChI is InChI=1S/C10H15N3O7/c1-5(15)8(4-14)20-6(2)12-3-7(13(18)19)9(16)11-10(12)17/h3,5-6,8,14-15H,4H2,1-2H3,(H,11,16,17)/t5?,6-,8-/m1/s1. The Morgan fingerprint density at radius 3 is 2.55 bits per heavy atom. The van der Waals surface area contributed by atoms with Crippen LogP contribution in [-0.2, 0) is 4.74 Å². The first kappa shape index (κ1) is 16.0. The third-order valence-electron chi connectivity index (χ3n) is 2.63. The lowest BCUT2D eigenvalue weighted by Gasteiger charge is -2.23. The molecule has 0 amide bonds. The number of nitro groups is 1. The molecule has 0 aliphatic heterocycles. The molecular weight excluding hydrogens is 274 g/mol. The van der Waals surface area contributed by atoms with Crippen LogP contribution in [0.15, 0.2) is 15.8 Å². The van der Waals surface area contributed by atoms with Crippen molar-refractivity contribution >= 4 is 5.69 Å². The van der Waals surface area contributed by atoms with E-state index in [0.29, 0.717) is 0 Å². The summed E-state index contributed by atoms with van der Waals surface area (Å²) in [5.41, 5.74) is -2.81. The van der Waals surface area contributed by atoms with E-state index in [0.717, 1.165) is 10.8 Å². The van der Waals surface area contributed by atoms with Gasteiger partial charge in [0, 0.05) is 0 Å². The fraction of sp³-hybridized carbons (Fsp3) is 0.600. The monoisotopic (exact) mass is 289 g/mol. The van der Waals surface area contributed by atoms with Crippen LogP contribution in [0, 0.1) is 10.1 Å². The first-order chi connectivity index (χ1) is 9.27. The fourth-order valence-corrected chi connectivity index (χ4v) is 1.50. The molecule has 0 spiro atoms. The lowest BCUT2D eigenvalue weighted by Crippen LogP contribution is -2.37. The molecule has 10 heteroatoms. The summed E-state index contributed by atoms with van der Waals surface area (Å²) < 4.78 is 6.02. The molecule has 0 fully saturated rings. The maximum atomic E-state index is 11.6. The lowest BCUT2D eigenvalue weighted by atomic mass is 10.2. The molecule has 1 rings (SSSR count). The highest BCUT2D eigenvalue weighted by Crippen LogP contribution is 2.12. The van der Waals surface area contributed by atoms with Gasteiger partial charge >= 0.3 is 16.9 Å². The van der Waals surface area contributed by atoms with Crippen LogP contribution in [0.5, 0.6) is 0 Å². The Hall–Kier alpha value is -2.04. The molecule has 1 unspecified atom stereocenters. The molecule has 0 saturated carbocycles. The van der Waals surface area contributed by atoms with E-state index in [4.69, 9.17) is 9.84 Å². The average molecular weight is 289 g/mol. The molecule has 112 valence electrons. The topological polar surface area (TPSA) is 148 Å². The van der Waals surface area contributed by atoms with E-state index >= 15 is 0 Å². The molecule has 0 aliphatic rings. The van der Waals surface area contributed by atoms with Gasteiger partial charge in [0.05, 0.1) is 23.8 Å². The van der Waals surface area contributed by atoms with Gasteiger partial charge in [-0.1, -0.05) is 0 Å². The Balaban J connectivity index is 3.13. The predicted molar refractivity (Wildman–Crippen MR) is 66.3 cm³/mol. The molecule has 0 aromatic carbocycles. The SMILES string of the molecule is CC(O)[C@@H](CO)O[C@H](C)n1cc([N+](=O)[O-])c(=O)[nH]c1=O. The zero-order valence-electron chi connectivity index (χ0n) is 10.8. The number of H-pyrrole nitrogens is 1. The van der Waals surface area contributed by atoms with Gasteiger partial charge in [0.15, 0.2) is 0 Å². The van der Waals surface area contributed by atoms with Gasteiger partial charge in [-0.3, -0.25) is 24.5 Å². The number of rotatable bonds is 6. The van der Waals surface area contributed by atoms with Crippen LogP contribution in [0.4, 0.5) is 5.69 Å². The van der Waals surface area contributed by atoms with Crippen molar-refractivity contribution in [3.8, 4) is 0 Å². The summed E-state index contributed by atoms with van der Waals surface area (Å²) >= 11 is 0. The van der Waals surface area contributed by atoms with E-state index in [1.807, 2.05) is 0 Å². The minimum atomic E-state index is -1.11. The van der Waals surface area contributed by atoms with Crippen LogP contribution in [0.3, 0.4) is 0 Å². The van der Waals surface area contributed by atoms with Gasteiger partial charge in [-0.05, 0) is 13.8 Å². The molecule has 10 nitrogen and oxygen atoms in total. The summed E-state index contributed by atoms with van der Waals surface area (Å²) in [6.07, 6.45) is -2.24. The normalized spacial score (nSPS) is 15.6. The molecule has 0 radical (unpaired) electrons. The molecule has 3 N–H and O–H groups in total. The molecule has 0 bridgehead atoms. The van der Waals surface area contributed by atoms with Crippen molar-refractivity contribution in [2.45, 2.75) is 32.3 Å². The molecular formula is C10H15N3O7. The largest absolute Gasteiger partial charge is 0.394 e. The smallest absolute Gasteiger partial charge is 0.350 e. The Kier molecular flexibility index (Phi) is 5.13. The number of aromatic nitrogens is 2. The minimum Gasteiger partial charge on any atom is -0.394 e. The number of nitrogens with zero attached hydrogens (tertiary/aromatic N) is 2. The fourth-order valence-electron chi connectivity index (χ4n) is 1.50. The van der Waals surface area contributed by atoms with Crippen LogP contribution < -0.4 is 11.2 Å². The molecule has 0 saturated heterocycles. The highest BCUT2D eigenvalue weighted by atomic mass is 16.6. The van der Waals surface area contributed by atoms with E-state index in [1.54, 1.807) is 4.98 Å². The molecule has 3 atom stereocenters. The first-order valence-electron chi connectivity index (χ1n) is 5.72. The molecule has 1 aromatic heterocycles. The van der Waals surface area contributed by atoms with E-state index < -0.39 is 46.9 Å². The van der Waals surface area contributed by atoms with E-state index in [2.05, 4.69) is 0 Å². The summed E-state index contributed by atoms with van der Waals surface area (Å²) in [6.45, 7) is 2.27. The molecule has 1 heterocycles. The van der Waals surface area contributed by atoms with Gasteiger partial charge in [-0.15, -0.1) is 0 Å². The second-order valence-electron chi connectivity index (χ2n) is 4.14. The number of hydrogen-bond acceptors (Lipinski definition) is 7. The number of hydrogen-bond donors (Lipinski definition) is 3. The Morgan fingerprint density at radius 1 is 1.50 bits per heavy atom. The Morgan fingerprint density at radius 2 is 2.10 bits per heavy atom. The van der Waals surface area contributed by atoms with Crippen LogP contribution in [0.25, 0.3) is 0 Å². The summed E-state index contributed by atoms with van der Waals surface area (Å²) in [7, 11) is 0. The summed E-state index contributed by atoms with van der Waals surface area (Å²) in [4.78, 5) is 34.3. The third kappa shape index (κ3) is 3.50. The molecule has 20 heavy (non-hydrogen) atoms. The highest BCUT2D eigenvalue weighted by molar-refractivity contribution is 5.20. The van der Waals surface area contributed by atoms with E-state index in [-0.39, 0.29) is 0 Å². The van der Waals surface area contributed by atoms with Gasteiger partial charge in [0.1, 0.15) is 12.3 Å². The van der Waals surface area contributed by atoms with Crippen molar-refractivity contribution in [3.63, 3.8) is 0 Å². The molecule has 1 aromatic rings. The lowest BCUT2D eigenvalue weighted by molar-refractivity contribution is -0.387. The van der Waals surface area contributed by atoms with Crippen LogP contribution in [0.2, 0.25) is 0 Å². The van der Waals surface area contributed by atoms with E-state index in [9.17, 15) is 24.8 Å². The Bertz CT molecular complexity index is 591. The zero-order valence-corrected chi connectivity index (χ0v) is 10.8. The number of aliphatic hydroxyl groups is 2. The second-order valence-corrected chi connectivity index (χ2v) is 4.14. The maximum absolute atomic E-state index is 11.6. The van der Waals surface area contributed by atoms with E-state index in [1.165, 1.54) is 13.8 Å². The van der Waals surface area contributed by atoms with Gasteiger partial charge in [0.25, 0.3) is 0 Å². The number of ether oxygens (including phenoxy) is 1. The van der Waals surface area contributed by atoms with Crippen molar-refractivity contribution < 1.29 is 19.9 Å². The Labute approximate surface area is 112 Å². The number of aliphatic hydroxyl groups excluding tert-OH is 2. The van der Waals surface area contributed by atoms with Crippen molar-refractivity contribution in [2.24, 2.45) is 0 Å². The quantitative estimate of drug-likeness (QED) is 0.436. The van der Waals surface area contributed by atoms with Crippen molar-refractivity contribution in [2.75, 3.05) is 6.61 Å². The zero-order chi connectivity index (χ0) is 15.4. The summed E-state index contributed by atoms with van der Waals surface area (Å²) in [6, 6.07) is 0. The number of aromatic amines is 1. The van der Waals surface area contributed by atoms with Gasteiger partial charge in [-0.2, -0.15) is 0 Å². The third-order valence-corrected chi connectivity index (χ3v) is 2.63. The number of nitrogens with one attached hydrogen (secondary N) is 1. The van der Waals surface area contributed by atoms with Gasteiger partial charge in [0.2, 0.25) is 0 Å². The van der Waals surface area contributed by atoms with Crippen LogP contribution in [0.1, 0.15) is 20.1 Å². The van der Waals surface area contributed by atoms with Crippen molar-refractivity contribution in [3.05, 3.63) is 37.1 Å². The van der Waals surface area contributed by atoms with Crippen LogP contribution in [-0.4, -0.2) is 43.5 Å². The first-order valence-corrected chi connectivity index (χ1v) is 5.72. The predicted octanol–water partition coefficient (Wildman–Crippen LogP) is -1.28. The van der Waals surface area contributed by atoms with Gasteiger partial charge in [-0.25, -0.2) is 4.79 Å². The van der Waals surface area contributed by atoms with Gasteiger partial charge < -0.3 is 14.9 Å². The van der Waals surface area contributed by atoms with Crippen LogP contribution >= 0.6 is 0 Å². The maximum Gasteiger partial charge on any atom is 0.350 e. The summed E-state index contributed by atoms with van der Waals surface area (Å²) in [5.74, 6) is 0. The molecule has 0 aliphatic carbocycles. The highest BCUT2D eigenvalue weighted by Gasteiger charge is 2.22. The average Bonchev–Trinajstić information content (AvgIpc) is 2.34. The minimum absolute atomic E-state index is 0.498. The van der Waals surface area contributed by atoms with Crippen molar-refractivity contribution in [1.29, 1.82) is 0 Å².